The van der Waals surface area contributed by atoms with Crippen LogP contribution in [0.3, 0.4) is 0 Å². The predicted octanol–water partition coefficient (Wildman–Crippen LogP) is 0.851. The van der Waals surface area contributed by atoms with Gasteiger partial charge in [-0.2, -0.15) is 5.10 Å². The van der Waals surface area contributed by atoms with Crippen LogP contribution in [-0.4, -0.2) is 22.2 Å². The van der Waals surface area contributed by atoms with Crippen molar-refractivity contribution in [3.05, 3.63) is 53.3 Å². The molecule has 0 saturated heterocycles. The van der Waals surface area contributed by atoms with Gasteiger partial charge in [0.1, 0.15) is 0 Å². The Labute approximate surface area is 112 Å². The number of aromatic nitrogens is 2. The summed E-state index contributed by atoms with van der Waals surface area (Å²) in [5.41, 5.74) is 7.91. The van der Waals surface area contributed by atoms with E-state index in [2.05, 4.69) is 10.4 Å². The first-order valence-electron chi connectivity index (χ1n) is 6.23. The Morgan fingerprint density at radius 2 is 2.26 bits per heavy atom. The molecule has 0 fully saturated rings. The Morgan fingerprint density at radius 3 is 2.95 bits per heavy atom. The molecule has 2 rings (SSSR count). The summed E-state index contributed by atoms with van der Waals surface area (Å²) in [6, 6.07) is 9.36. The molecule has 3 N–H and O–H groups in total. The highest BCUT2D eigenvalue weighted by atomic mass is 16.1. The molecule has 1 aromatic carbocycles. The molecule has 1 amide bonds. The number of aryl methyl sites for hydroxylation is 1. The molecule has 0 aliphatic rings. The van der Waals surface area contributed by atoms with E-state index in [9.17, 15) is 4.79 Å². The standard InChI is InChI=1S/C14H18N4O/c1-18-8-6-13(17-18)5-7-16-10-11-3-2-4-12(9-11)14(15)19/h2-4,6,8-9,16H,5,7,10H2,1H3,(H2,15,19). The van der Waals surface area contributed by atoms with E-state index in [1.54, 1.807) is 10.7 Å². The number of primary amides is 1. The molecule has 5 heteroatoms. The second kappa shape index (κ2) is 6.15. The monoisotopic (exact) mass is 258 g/mol. The molecule has 2 aromatic rings. The minimum absolute atomic E-state index is 0.393. The Kier molecular flexibility index (Phi) is 4.30. The summed E-state index contributed by atoms with van der Waals surface area (Å²) in [5, 5.41) is 7.63. The highest BCUT2D eigenvalue weighted by Crippen LogP contribution is 2.04. The first kappa shape index (κ1) is 13.3. The number of benzene rings is 1. The Bertz CT molecular complexity index is 562. The van der Waals surface area contributed by atoms with Crippen LogP contribution in [0.15, 0.2) is 36.5 Å². The van der Waals surface area contributed by atoms with Crippen LogP contribution in [0.4, 0.5) is 0 Å². The highest BCUT2D eigenvalue weighted by molar-refractivity contribution is 5.92. The van der Waals surface area contributed by atoms with E-state index in [4.69, 9.17) is 5.73 Å². The van der Waals surface area contributed by atoms with Crippen LogP contribution in [0.1, 0.15) is 21.6 Å². The lowest BCUT2D eigenvalue weighted by molar-refractivity contribution is 0.1000. The summed E-state index contributed by atoms with van der Waals surface area (Å²) in [6.45, 7) is 1.56. The van der Waals surface area contributed by atoms with E-state index in [-0.39, 0.29) is 0 Å². The lowest BCUT2D eigenvalue weighted by Gasteiger charge is -2.05. The van der Waals surface area contributed by atoms with E-state index >= 15 is 0 Å². The van der Waals surface area contributed by atoms with E-state index in [0.717, 1.165) is 24.2 Å². The molecule has 19 heavy (non-hydrogen) atoms. The minimum atomic E-state index is -0.393. The number of nitrogens with zero attached hydrogens (tertiary/aromatic N) is 2. The summed E-state index contributed by atoms with van der Waals surface area (Å²) >= 11 is 0. The zero-order chi connectivity index (χ0) is 13.7. The largest absolute Gasteiger partial charge is 0.366 e. The molecule has 0 unspecified atom stereocenters. The SMILES string of the molecule is Cn1ccc(CCNCc2cccc(C(N)=O)c2)n1. The molecule has 0 aliphatic carbocycles. The molecule has 1 aromatic heterocycles. The fourth-order valence-corrected chi connectivity index (χ4v) is 1.88. The molecule has 100 valence electrons. The van der Waals surface area contributed by atoms with Crippen molar-refractivity contribution in [2.45, 2.75) is 13.0 Å². The quantitative estimate of drug-likeness (QED) is 0.754. The van der Waals surface area contributed by atoms with Crippen LogP contribution in [0.25, 0.3) is 0 Å². The van der Waals surface area contributed by atoms with Gasteiger partial charge in [0, 0.05) is 38.3 Å². The van der Waals surface area contributed by atoms with Crippen LogP contribution in [0.5, 0.6) is 0 Å². The fraction of sp³-hybridized carbons (Fsp3) is 0.286. The van der Waals surface area contributed by atoms with Gasteiger partial charge in [0.15, 0.2) is 0 Å². The van der Waals surface area contributed by atoms with Gasteiger partial charge in [0.05, 0.1) is 5.69 Å². The zero-order valence-electron chi connectivity index (χ0n) is 11.0. The van der Waals surface area contributed by atoms with Crippen LogP contribution in [0, 0.1) is 0 Å². The molecule has 0 atom stereocenters. The molecular weight excluding hydrogens is 240 g/mol. The van der Waals surface area contributed by atoms with Crippen molar-refractivity contribution in [2.75, 3.05) is 6.54 Å². The van der Waals surface area contributed by atoms with Crippen LogP contribution < -0.4 is 11.1 Å². The van der Waals surface area contributed by atoms with Crippen molar-refractivity contribution in [1.82, 2.24) is 15.1 Å². The maximum Gasteiger partial charge on any atom is 0.248 e. The maximum atomic E-state index is 11.1. The summed E-state index contributed by atoms with van der Waals surface area (Å²) in [6.07, 6.45) is 2.82. The third-order valence-corrected chi connectivity index (χ3v) is 2.87. The number of hydrogen-bond acceptors (Lipinski definition) is 3. The minimum Gasteiger partial charge on any atom is -0.366 e. The summed E-state index contributed by atoms with van der Waals surface area (Å²) in [4.78, 5) is 11.1. The maximum absolute atomic E-state index is 11.1. The molecule has 0 radical (unpaired) electrons. The number of carbonyl (C=O) groups is 1. The third kappa shape index (κ3) is 3.93. The van der Waals surface area contributed by atoms with Gasteiger partial charge in [0.2, 0.25) is 5.91 Å². The Morgan fingerprint density at radius 1 is 1.42 bits per heavy atom. The van der Waals surface area contributed by atoms with Crippen molar-refractivity contribution >= 4 is 5.91 Å². The highest BCUT2D eigenvalue weighted by Gasteiger charge is 2.01. The normalized spacial score (nSPS) is 10.6. The van der Waals surface area contributed by atoms with Gasteiger partial charge in [-0.15, -0.1) is 0 Å². The average molecular weight is 258 g/mol. The van der Waals surface area contributed by atoms with E-state index < -0.39 is 5.91 Å². The third-order valence-electron chi connectivity index (χ3n) is 2.87. The van der Waals surface area contributed by atoms with Crippen LogP contribution in [0.2, 0.25) is 0 Å². The van der Waals surface area contributed by atoms with E-state index in [0.29, 0.717) is 12.1 Å². The number of rotatable bonds is 6. The van der Waals surface area contributed by atoms with Gasteiger partial charge in [-0.3, -0.25) is 9.48 Å². The summed E-state index contributed by atoms with van der Waals surface area (Å²) < 4.78 is 1.80. The summed E-state index contributed by atoms with van der Waals surface area (Å²) in [7, 11) is 1.91. The van der Waals surface area contributed by atoms with Gasteiger partial charge >= 0.3 is 0 Å². The van der Waals surface area contributed by atoms with Gasteiger partial charge in [0.25, 0.3) is 0 Å². The lowest BCUT2D eigenvalue weighted by atomic mass is 10.1. The predicted molar refractivity (Wildman–Crippen MR) is 73.6 cm³/mol. The lowest BCUT2D eigenvalue weighted by Crippen LogP contribution is -2.18. The molecule has 5 nitrogen and oxygen atoms in total. The second-order valence-corrected chi connectivity index (χ2v) is 4.47. The first-order valence-corrected chi connectivity index (χ1v) is 6.23. The molecule has 1 heterocycles. The number of carbonyl (C=O) groups excluding carboxylic acids is 1. The Hall–Kier alpha value is -2.14. The number of nitrogens with two attached hydrogens (primary N) is 1. The van der Waals surface area contributed by atoms with E-state index in [1.165, 1.54) is 0 Å². The molecule has 0 spiro atoms. The number of hydrogen-bond donors (Lipinski definition) is 2. The van der Waals surface area contributed by atoms with E-state index in [1.807, 2.05) is 37.5 Å². The molecule has 0 aliphatic heterocycles. The van der Waals surface area contributed by atoms with Crippen molar-refractivity contribution in [1.29, 1.82) is 0 Å². The summed E-state index contributed by atoms with van der Waals surface area (Å²) in [5.74, 6) is -0.393. The van der Waals surface area contributed by atoms with Crippen LogP contribution in [-0.2, 0) is 20.0 Å². The second-order valence-electron chi connectivity index (χ2n) is 4.47. The van der Waals surface area contributed by atoms with Crippen molar-refractivity contribution in [2.24, 2.45) is 12.8 Å². The zero-order valence-corrected chi connectivity index (χ0v) is 11.0. The number of amides is 1. The van der Waals surface area contributed by atoms with Crippen LogP contribution >= 0.6 is 0 Å². The average Bonchev–Trinajstić information content (AvgIpc) is 2.81. The van der Waals surface area contributed by atoms with Gasteiger partial charge in [-0.25, -0.2) is 0 Å². The Balaban J connectivity index is 1.79. The fourth-order valence-electron chi connectivity index (χ4n) is 1.88. The smallest absolute Gasteiger partial charge is 0.248 e. The molecule has 0 bridgehead atoms. The number of nitrogens with one attached hydrogen (secondary N) is 1. The van der Waals surface area contributed by atoms with Gasteiger partial charge in [-0.1, -0.05) is 12.1 Å². The topological polar surface area (TPSA) is 72.9 Å². The van der Waals surface area contributed by atoms with Crippen molar-refractivity contribution in [3.8, 4) is 0 Å². The van der Waals surface area contributed by atoms with Crippen molar-refractivity contribution < 1.29 is 4.79 Å². The molecule has 0 saturated carbocycles. The van der Waals surface area contributed by atoms with Crippen molar-refractivity contribution in [3.63, 3.8) is 0 Å². The molecular formula is C14H18N4O. The van der Waals surface area contributed by atoms with Gasteiger partial charge in [-0.05, 0) is 23.8 Å². The van der Waals surface area contributed by atoms with Gasteiger partial charge < -0.3 is 11.1 Å². The first-order chi connectivity index (χ1) is 9.15.